The van der Waals surface area contributed by atoms with Crippen LogP contribution in [0.5, 0.6) is 0 Å². The lowest BCUT2D eigenvalue weighted by Gasteiger charge is -2.30. The van der Waals surface area contributed by atoms with E-state index in [2.05, 4.69) is 40.4 Å². The Bertz CT molecular complexity index is 1030. The largest absolute Gasteiger partial charge is 0.396 e. The number of aromatic nitrogens is 2. The minimum atomic E-state index is -0.00246. The van der Waals surface area contributed by atoms with Gasteiger partial charge in [-0.2, -0.15) is 0 Å². The van der Waals surface area contributed by atoms with Crippen molar-refractivity contribution in [2.24, 2.45) is 5.92 Å². The van der Waals surface area contributed by atoms with Gasteiger partial charge >= 0.3 is 6.03 Å². The number of benzene rings is 1. The Hall–Kier alpha value is -2.42. The van der Waals surface area contributed by atoms with Crippen LogP contribution >= 0.6 is 11.6 Å². The molecule has 1 saturated heterocycles. The molecular weight excluding hydrogens is 430 g/mol. The number of aliphatic hydroxyl groups excluding tert-OH is 1. The maximum absolute atomic E-state index is 13.0. The Labute approximate surface area is 192 Å². The van der Waals surface area contributed by atoms with Crippen molar-refractivity contribution in [2.45, 2.75) is 38.9 Å². The zero-order valence-corrected chi connectivity index (χ0v) is 18.9. The van der Waals surface area contributed by atoms with Crippen molar-refractivity contribution < 1.29 is 14.6 Å². The fourth-order valence-corrected chi connectivity index (χ4v) is 5.20. The number of fused-ring (bicyclic) bond motifs is 2. The highest BCUT2D eigenvalue weighted by Crippen LogP contribution is 2.35. The molecule has 2 amide bonds. The molecule has 32 heavy (non-hydrogen) atoms. The number of morpholine rings is 1. The van der Waals surface area contributed by atoms with Crippen LogP contribution in [0.4, 0.5) is 10.6 Å². The van der Waals surface area contributed by atoms with Crippen molar-refractivity contribution in [3.63, 3.8) is 0 Å². The lowest BCUT2D eigenvalue weighted by molar-refractivity contribution is 0.0429. The molecule has 5 rings (SSSR count). The number of carbonyl (C=O) groups is 1. The van der Waals surface area contributed by atoms with E-state index in [4.69, 9.17) is 16.3 Å². The van der Waals surface area contributed by atoms with Gasteiger partial charge in [-0.15, -0.1) is 0 Å². The smallest absolute Gasteiger partial charge is 0.320 e. The fourth-order valence-electron chi connectivity index (χ4n) is 5.02. The second-order valence-corrected chi connectivity index (χ2v) is 9.15. The number of hydrogen-bond acceptors (Lipinski definition) is 6. The predicted octanol–water partition coefficient (Wildman–Crippen LogP) is 2.78. The SMILES string of the molecule is C[C@@H](Nc1nc(Cl)nc2c1CN(C(=O)N1CCOCC1)C2)c1cccc2c1C[C@H](CO)C2. The molecule has 1 fully saturated rings. The molecule has 0 bridgehead atoms. The molecule has 2 N–H and O–H groups in total. The van der Waals surface area contributed by atoms with E-state index in [-0.39, 0.29) is 29.9 Å². The molecule has 3 aliphatic rings. The zero-order chi connectivity index (χ0) is 22.2. The molecule has 0 radical (unpaired) electrons. The highest BCUT2D eigenvalue weighted by atomic mass is 35.5. The molecule has 170 valence electrons. The van der Waals surface area contributed by atoms with Gasteiger partial charge < -0.3 is 25.0 Å². The Balaban J connectivity index is 1.36. The summed E-state index contributed by atoms with van der Waals surface area (Å²) < 4.78 is 5.36. The summed E-state index contributed by atoms with van der Waals surface area (Å²) in [5.74, 6) is 0.968. The summed E-state index contributed by atoms with van der Waals surface area (Å²) in [5, 5.41) is 13.3. The highest BCUT2D eigenvalue weighted by Gasteiger charge is 2.32. The second-order valence-electron chi connectivity index (χ2n) is 8.81. The summed E-state index contributed by atoms with van der Waals surface area (Å²) in [7, 11) is 0. The van der Waals surface area contributed by atoms with Crippen LogP contribution in [0.2, 0.25) is 5.28 Å². The first-order chi connectivity index (χ1) is 15.5. The number of aliphatic hydroxyl groups is 1. The number of rotatable bonds is 4. The second kappa shape index (κ2) is 8.84. The molecule has 0 spiro atoms. The number of hydrogen-bond donors (Lipinski definition) is 2. The number of halogens is 1. The molecule has 9 heteroatoms. The Morgan fingerprint density at radius 2 is 2.03 bits per heavy atom. The van der Waals surface area contributed by atoms with E-state index in [9.17, 15) is 9.90 Å². The summed E-state index contributed by atoms with van der Waals surface area (Å²) in [6.07, 6.45) is 1.80. The van der Waals surface area contributed by atoms with Gasteiger partial charge in [-0.1, -0.05) is 18.2 Å². The first-order valence-corrected chi connectivity index (χ1v) is 11.6. The van der Waals surface area contributed by atoms with Gasteiger partial charge in [0.15, 0.2) is 0 Å². The predicted molar refractivity (Wildman–Crippen MR) is 121 cm³/mol. The van der Waals surface area contributed by atoms with Crippen LogP contribution < -0.4 is 5.32 Å². The lowest BCUT2D eigenvalue weighted by Crippen LogP contribution is -2.46. The third kappa shape index (κ3) is 4.02. The molecular formula is C23H28ClN5O3. The van der Waals surface area contributed by atoms with E-state index in [1.54, 1.807) is 4.90 Å². The molecule has 1 aliphatic carbocycles. The van der Waals surface area contributed by atoms with Crippen LogP contribution in [0, 0.1) is 5.92 Å². The summed E-state index contributed by atoms with van der Waals surface area (Å²) >= 11 is 6.25. The molecule has 0 unspecified atom stereocenters. The van der Waals surface area contributed by atoms with Crippen molar-refractivity contribution in [3.05, 3.63) is 51.4 Å². The number of carbonyl (C=O) groups excluding carboxylic acids is 1. The normalized spacial score (nSPS) is 20.8. The van der Waals surface area contributed by atoms with Gasteiger partial charge in [-0.25, -0.2) is 14.8 Å². The Morgan fingerprint density at radius 3 is 2.81 bits per heavy atom. The van der Waals surface area contributed by atoms with Crippen LogP contribution in [-0.4, -0.2) is 63.8 Å². The molecule has 3 heterocycles. The minimum Gasteiger partial charge on any atom is -0.396 e. The lowest BCUT2D eigenvalue weighted by atomic mass is 9.97. The van der Waals surface area contributed by atoms with Gasteiger partial charge in [-0.05, 0) is 54.0 Å². The topological polar surface area (TPSA) is 90.8 Å². The highest BCUT2D eigenvalue weighted by molar-refractivity contribution is 6.28. The van der Waals surface area contributed by atoms with E-state index < -0.39 is 0 Å². The summed E-state index contributed by atoms with van der Waals surface area (Å²) in [6, 6.07) is 6.36. The van der Waals surface area contributed by atoms with Crippen molar-refractivity contribution in [2.75, 3.05) is 38.2 Å². The van der Waals surface area contributed by atoms with Gasteiger partial charge in [0.25, 0.3) is 0 Å². The van der Waals surface area contributed by atoms with E-state index in [1.165, 1.54) is 16.7 Å². The molecule has 2 atom stereocenters. The Morgan fingerprint density at radius 1 is 1.22 bits per heavy atom. The third-order valence-corrected chi connectivity index (χ3v) is 6.86. The number of nitrogens with zero attached hydrogens (tertiary/aromatic N) is 4. The first kappa shape index (κ1) is 21.4. The average molecular weight is 458 g/mol. The van der Waals surface area contributed by atoms with Gasteiger partial charge in [0.1, 0.15) is 5.82 Å². The van der Waals surface area contributed by atoms with E-state index in [0.29, 0.717) is 45.2 Å². The number of nitrogens with one attached hydrogen (secondary N) is 1. The van der Waals surface area contributed by atoms with Gasteiger partial charge in [0.2, 0.25) is 5.28 Å². The summed E-state index contributed by atoms with van der Waals surface area (Å²) in [5.41, 5.74) is 5.54. The number of ether oxygens (including phenoxy) is 1. The molecule has 1 aromatic carbocycles. The molecule has 0 saturated carbocycles. The van der Waals surface area contributed by atoms with E-state index in [0.717, 1.165) is 24.1 Å². The summed E-state index contributed by atoms with van der Waals surface area (Å²) in [6.45, 7) is 5.55. The monoisotopic (exact) mass is 457 g/mol. The van der Waals surface area contributed by atoms with Crippen LogP contribution in [0.15, 0.2) is 18.2 Å². The molecule has 1 aromatic heterocycles. The Kier molecular flexibility index (Phi) is 5.92. The van der Waals surface area contributed by atoms with Crippen LogP contribution in [-0.2, 0) is 30.7 Å². The minimum absolute atomic E-state index is 0.00135. The quantitative estimate of drug-likeness (QED) is 0.686. The van der Waals surface area contributed by atoms with E-state index in [1.807, 2.05) is 4.90 Å². The standard InChI is InChI=1S/C23H28ClN5O3/c1-14(17-4-2-3-16-9-15(13-30)10-18(16)17)25-21-19-11-29(12-20(19)26-22(24)27-21)23(31)28-5-7-32-8-6-28/h2-4,14-15,30H,5-13H2,1H3,(H,25,26,27)/t14-,15-/m1/s1. The average Bonchev–Trinajstić information content (AvgIpc) is 3.43. The van der Waals surface area contributed by atoms with Gasteiger partial charge in [0, 0.05) is 25.3 Å². The molecule has 8 nitrogen and oxygen atoms in total. The van der Waals surface area contributed by atoms with Crippen molar-refractivity contribution in [1.29, 1.82) is 0 Å². The maximum atomic E-state index is 13.0. The maximum Gasteiger partial charge on any atom is 0.320 e. The van der Waals surface area contributed by atoms with Crippen LogP contribution in [0.1, 0.15) is 40.9 Å². The van der Waals surface area contributed by atoms with Crippen LogP contribution in [0.3, 0.4) is 0 Å². The van der Waals surface area contributed by atoms with E-state index >= 15 is 0 Å². The first-order valence-electron chi connectivity index (χ1n) is 11.2. The number of amides is 2. The van der Waals surface area contributed by atoms with Crippen molar-refractivity contribution in [3.8, 4) is 0 Å². The zero-order valence-electron chi connectivity index (χ0n) is 18.2. The van der Waals surface area contributed by atoms with Crippen LogP contribution in [0.25, 0.3) is 0 Å². The fraction of sp³-hybridized carbons (Fsp3) is 0.522. The third-order valence-electron chi connectivity index (χ3n) is 6.70. The van der Waals surface area contributed by atoms with Crippen molar-refractivity contribution in [1.82, 2.24) is 19.8 Å². The molecule has 2 aliphatic heterocycles. The van der Waals surface area contributed by atoms with Crippen molar-refractivity contribution >= 4 is 23.4 Å². The molecule has 2 aromatic rings. The summed E-state index contributed by atoms with van der Waals surface area (Å²) in [4.78, 5) is 25.5. The van der Waals surface area contributed by atoms with Gasteiger partial charge in [0.05, 0.1) is 38.0 Å². The van der Waals surface area contributed by atoms with Gasteiger partial charge in [-0.3, -0.25) is 0 Å². The number of anilines is 1. The number of urea groups is 1.